The predicted molar refractivity (Wildman–Crippen MR) is 132 cm³/mol. The molecule has 1 aromatic carbocycles. The number of hydrogen-bond acceptors (Lipinski definition) is 5. The number of carbonyl (C=O) groups excluding carboxylic acids is 1. The molecule has 5 unspecified atom stereocenters. The summed E-state index contributed by atoms with van der Waals surface area (Å²) in [5.74, 6) is 3.28. The van der Waals surface area contributed by atoms with E-state index in [2.05, 4.69) is 65.5 Å². The van der Waals surface area contributed by atoms with E-state index < -0.39 is 0 Å². The van der Waals surface area contributed by atoms with E-state index in [0.717, 1.165) is 41.5 Å². The second-order valence-electron chi connectivity index (χ2n) is 9.48. The third-order valence-corrected chi connectivity index (χ3v) is 8.68. The monoisotopic (exact) mass is 455 g/mol. The van der Waals surface area contributed by atoms with Crippen LogP contribution in [-0.4, -0.2) is 45.1 Å². The smallest absolute Gasteiger partial charge is 0.233 e. The quantitative estimate of drug-likeness (QED) is 0.553. The van der Waals surface area contributed by atoms with Gasteiger partial charge in [0.1, 0.15) is 0 Å². The molecule has 1 N–H and O–H groups in total. The van der Waals surface area contributed by atoms with E-state index in [0.29, 0.717) is 5.92 Å². The van der Waals surface area contributed by atoms with Crippen LogP contribution in [0.5, 0.6) is 0 Å². The second-order valence-corrected chi connectivity index (χ2v) is 10.8. The van der Waals surface area contributed by atoms with Gasteiger partial charge < -0.3 is 14.8 Å². The van der Waals surface area contributed by atoms with Crippen LogP contribution in [0.4, 0.5) is 5.69 Å². The SMILES string of the molecule is CCN(CC)c1ccc(-c2nnc(SC(C)C(=O)NC(C)C3CC4CCC3C4)n2C)cc1. The summed E-state index contributed by atoms with van der Waals surface area (Å²) in [6.45, 7) is 10.4. The lowest BCUT2D eigenvalue weighted by Crippen LogP contribution is -2.43. The molecule has 0 spiro atoms. The van der Waals surface area contributed by atoms with Crippen molar-refractivity contribution in [2.24, 2.45) is 24.8 Å². The van der Waals surface area contributed by atoms with E-state index in [-0.39, 0.29) is 17.2 Å². The van der Waals surface area contributed by atoms with Crippen molar-refractivity contribution in [3.05, 3.63) is 24.3 Å². The number of nitrogens with zero attached hydrogens (tertiary/aromatic N) is 4. The van der Waals surface area contributed by atoms with Crippen molar-refractivity contribution < 1.29 is 4.79 Å². The number of fused-ring (bicyclic) bond motifs is 2. The lowest BCUT2D eigenvalue weighted by Gasteiger charge is -2.29. The molecule has 1 amide bonds. The molecular formula is C25H37N5OS. The number of benzene rings is 1. The molecule has 2 saturated carbocycles. The number of aromatic nitrogens is 3. The van der Waals surface area contributed by atoms with Crippen molar-refractivity contribution in [3.63, 3.8) is 0 Å². The van der Waals surface area contributed by atoms with Crippen LogP contribution < -0.4 is 10.2 Å². The van der Waals surface area contributed by atoms with Gasteiger partial charge in [0.15, 0.2) is 11.0 Å². The molecule has 2 aromatic rings. The number of thioether (sulfide) groups is 1. The summed E-state index contributed by atoms with van der Waals surface area (Å²) in [6.07, 6.45) is 5.39. The van der Waals surface area contributed by atoms with E-state index in [1.54, 1.807) is 0 Å². The largest absolute Gasteiger partial charge is 0.372 e. The van der Waals surface area contributed by atoms with E-state index in [1.165, 1.54) is 43.1 Å². The molecule has 0 radical (unpaired) electrons. The lowest BCUT2D eigenvalue weighted by molar-refractivity contribution is -0.121. The van der Waals surface area contributed by atoms with Crippen LogP contribution in [0.2, 0.25) is 0 Å². The van der Waals surface area contributed by atoms with E-state index in [9.17, 15) is 4.79 Å². The maximum atomic E-state index is 12.9. The van der Waals surface area contributed by atoms with Crippen LogP contribution in [0.15, 0.2) is 29.4 Å². The van der Waals surface area contributed by atoms with Gasteiger partial charge in [-0.25, -0.2) is 0 Å². The first-order valence-electron chi connectivity index (χ1n) is 12.1. The first kappa shape index (κ1) is 23.1. The number of rotatable bonds is 9. The molecule has 174 valence electrons. The highest BCUT2D eigenvalue weighted by molar-refractivity contribution is 8.00. The minimum atomic E-state index is -0.211. The minimum absolute atomic E-state index is 0.0957. The van der Waals surface area contributed by atoms with E-state index in [4.69, 9.17) is 0 Å². The molecule has 7 heteroatoms. The minimum Gasteiger partial charge on any atom is -0.372 e. The molecule has 5 atom stereocenters. The van der Waals surface area contributed by atoms with Gasteiger partial charge >= 0.3 is 0 Å². The average Bonchev–Trinajstić information content (AvgIpc) is 3.52. The fourth-order valence-corrected chi connectivity index (χ4v) is 6.47. The molecule has 2 aliphatic carbocycles. The first-order chi connectivity index (χ1) is 15.4. The van der Waals surface area contributed by atoms with E-state index in [1.807, 2.05) is 18.5 Å². The standard InChI is InChI=1S/C25H37N5OS/c1-6-30(7-2)21-12-10-19(11-13-21)23-27-28-25(29(23)5)32-17(4)24(31)26-16(3)22-15-18-8-9-20(22)14-18/h10-13,16-18,20,22H,6-9,14-15H2,1-5H3,(H,26,31). The van der Waals surface area contributed by atoms with Gasteiger partial charge in [-0.15, -0.1) is 10.2 Å². The maximum absolute atomic E-state index is 12.9. The maximum Gasteiger partial charge on any atom is 0.233 e. The Morgan fingerprint density at radius 2 is 1.88 bits per heavy atom. The first-order valence-corrected chi connectivity index (χ1v) is 13.0. The summed E-state index contributed by atoms with van der Waals surface area (Å²) in [7, 11) is 1.97. The Kier molecular flexibility index (Phi) is 7.13. The summed E-state index contributed by atoms with van der Waals surface area (Å²) in [6, 6.07) is 8.71. The Hall–Kier alpha value is -2.02. The molecular weight excluding hydrogens is 418 g/mol. The number of anilines is 1. The van der Waals surface area contributed by atoms with Crippen LogP contribution >= 0.6 is 11.8 Å². The zero-order valence-corrected chi connectivity index (χ0v) is 20.9. The summed E-state index contributed by atoms with van der Waals surface area (Å²) < 4.78 is 1.99. The van der Waals surface area contributed by atoms with Crippen molar-refractivity contribution in [3.8, 4) is 11.4 Å². The Labute approximate surface area is 196 Å². The van der Waals surface area contributed by atoms with Crippen molar-refractivity contribution in [2.75, 3.05) is 18.0 Å². The Bertz CT molecular complexity index is 923. The van der Waals surface area contributed by atoms with Crippen LogP contribution in [0.25, 0.3) is 11.4 Å². The van der Waals surface area contributed by atoms with Crippen LogP contribution in [0, 0.1) is 17.8 Å². The Morgan fingerprint density at radius 1 is 1.16 bits per heavy atom. The van der Waals surface area contributed by atoms with Crippen molar-refractivity contribution >= 4 is 23.4 Å². The Balaban J connectivity index is 1.37. The van der Waals surface area contributed by atoms with Gasteiger partial charge in [0, 0.05) is 37.4 Å². The number of amides is 1. The van der Waals surface area contributed by atoms with Crippen LogP contribution in [0.3, 0.4) is 0 Å². The topological polar surface area (TPSA) is 63.1 Å². The van der Waals surface area contributed by atoms with Crippen molar-refractivity contribution in [1.29, 1.82) is 0 Å². The highest BCUT2D eigenvalue weighted by Crippen LogP contribution is 2.49. The van der Waals surface area contributed by atoms with Gasteiger partial charge in [-0.3, -0.25) is 4.79 Å². The average molecular weight is 456 g/mol. The van der Waals surface area contributed by atoms with Crippen LogP contribution in [0.1, 0.15) is 53.4 Å². The summed E-state index contributed by atoms with van der Waals surface area (Å²) in [4.78, 5) is 15.2. The number of hydrogen-bond donors (Lipinski definition) is 1. The molecule has 1 heterocycles. The molecule has 2 fully saturated rings. The zero-order chi connectivity index (χ0) is 22.8. The lowest BCUT2D eigenvalue weighted by atomic mass is 9.84. The van der Waals surface area contributed by atoms with Gasteiger partial charge in [0.2, 0.25) is 5.91 Å². The highest BCUT2D eigenvalue weighted by Gasteiger charge is 2.42. The Morgan fingerprint density at radius 3 is 2.47 bits per heavy atom. The molecule has 4 rings (SSSR count). The predicted octanol–water partition coefficient (Wildman–Crippen LogP) is 4.75. The third-order valence-electron chi connectivity index (χ3n) is 7.55. The van der Waals surface area contributed by atoms with Gasteiger partial charge in [-0.05, 0) is 89.0 Å². The molecule has 1 aromatic heterocycles. The highest BCUT2D eigenvalue weighted by atomic mass is 32.2. The number of carbonyl (C=O) groups is 1. The van der Waals surface area contributed by atoms with Crippen molar-refractivity contribution in [2.45, 2.75) is 69.8 Å². The fraction of sp³-hybridized carbons (Fsp3) is 0.640. The number of nitrogens with one attached hydrogen (secondary N) is 1. The molecule has 32 heavy (non-hydrogen) atoms. The summed E-state index contributed by atoms with van der Waals surface area (Å²) in [5.41, 5.74) is 2.25. The molecule has 0 saturated heterocycles. The molecule has 2 bridgehead atoms. The second kappa shape index (κ2) is 9.86. The fourth-order valence-electron chi connectivity index (χ4n) is 5.65. The van der Waals surface area contributed by atoms with Gasteiger partial charge in [-0.1, -0.05) is 18.2 Å². The normalized spacial score (nSPS) is 23.8. The van der Waals surface area contributed by atoms with Gasteiger partial charge in [-0.2, -0.15) is 0 Å². The molecule has 2 aliphatic rings. The molecule has 0 aliphatic heterocycles. The van der Waals surface area contributed by atoms with Gasteiger partial charge in [0.25, 0.3) is 0 Å². The van der Waals surface area contributed by atoms with E-state index >= 15 is 0 Å². The summed E-state index contributed by atoms with van der Waals surface area (Å²) in [5, 5.41) is 12.6. The molecule has 6 nitrogen and oxygen atoms in total. The third kappa shape index (κ3) is 4.68. The van der Waals surface area contributed by atoms with Gasteiger partial charge in [0.05, 0.1) is 5.25 Å². The zero-order valence-electron chi connectivity index (χ0n) is 20.0. The summed E-state index contributed by atoms with van der Waals surface area (Å²) >= 11 is 1.48. The van der Waals surface area contributed by atoms with Crippen LogP contribution in [-0.2, 0) is 11.8 Å². The van der Waals surface area contributed by atoms with Crippen molar-refractivity contribution in [1.82, 2.24) is 20.1 Å².